The predicted molar refractivity (Wildman–Crippen MR) is 107 cm³/mol. The molecule has 1 aromatic carbocycles. The minimum absolute atomic E-state index is 0.263. The Morgan fingerprint density at radius 3 is 2.96 bits per heavy atom. The third-order valence-electron chi connectivity index (χ3n) is 5.19. The van der Waals surface area contributed by atoms with Gasteiger partial charge < -0.3 is 15.0 Å². The molecule has 1 aliphatic heterocycles. The number of H-pyrrole nitrogens is 1. The Kier molecular flexibility index (Phi) is 3.78. The molecular weight excluding hydrogens is 374 g/mol. The number of fused-ring (bicyclic) bond motifs is 1. The average Bonchev–Trinajstić information content (AvgIpc) is 3.43. The molecule has 140 valence electrons. The van der Waals surface area contributed by atoms with Crippen LogP contribution in [0, 0.1) is 0 Å². The predicted octanol–water partition coefficient (Wildman–Crippen LogP) is 2.80. The van der Waals surface area contributed by atoms with Crippen molar-refractivity contribution in [2.45, 2.75) is 12.0 Å². The van der Waals surface area contributed by atoms with Crippen LogP contribution in [0.15, 0.2) is 48.2 Å². The van der Waals surface area contributed by atoms with Gasteiger partial charge in [-0.1, -0.05) is 18.2 Å². The van der Waals surface area contributed by atoms with Crippen molar-refractivity contribution in [3.8, 4) is 21.8 Å². The van der Waals surface area contributed by atoms with E-state index in [1.165, 1.54) is 11.3 Å². The molecule has 0 spiro atoms. The van der Waals surface area contributed by atoms with E-state index >= 15 is 0 Å². The Bertz CT molecular complexity index is 1200. The number of likely N-dealkylation sites (N-methyl/N-ethyl adjacent to an activating group) is 1. The number of thiazole rings is 1. The van der Waals surface area contributed by atoms with Crippen LogP contribution in [0.1, 0.15) is 12.0 Å². The summed E-state index contributed by atoms with van der Waals surface area (Å²) in [6, 6.07) is 7.43. The van der Waals surface area contributed by atoms with Crippen molar-refractivity contribution >= 4 is 28.4 Å². The highest BCUT2D eigenvalue weighted by atomic mass is 32.1. The van der Waals surface area contributed by atoms with Crippen LogP contribution in [-0.2, 0) is 10.4 Å². The van der Waals surface area contributed by atoms with Crippen molar-refractivity contribution in [1.29, 1.82) is 0 Å². The van der Waals surface area contributed by atoms with Crippen molar-refractivity contribution in [2.75, 3.05) is 13.6 Å². The first-order chi connectivity index (χ1) is 13.6. The van der Waals surface area contributed by atoms with E-state index in [1.807, 2.05) is 29.8 Å². The molecule has 2 N–H and O–H groups in total. The summed E-state index contributed by atoms with van der Waals surface area (Å²) in [5.74, 6) is -0.263. The van der Waals surface area contributed by atoms with Gasteiger partial charge in [0.15, 0.2) is 11.2 Å². The lowest BCUT2D eigenvalue weighted by Crippen LogP contribution is -2.36. The second-order valence-electron chi connectivity index (χ2n) is 6.91. The molecule has 1 atom stereocenters. The van der Waals surface area contributed by atoms with Crippen LogP contribution >= 0.6 is 11.3 Å². The Hall–Kier alpha value is -3.10. The SMILES string of the molecule is CN1CCC(O)(c2cccc(-c3csc(-c4c[nH]c5nccnc45)n3)c2)C1=O. The number of aromatic amines is 1. The number of nitrogens with zero attached hydrogens (tertiary/aromatic N) is 4. The van der Waals surface area contributed by atoms with Gasteiger partial charge >= 0.3 is 0 Å². The van der Waals surface area contributed by atoms with Gasteiger partial charge in [-0.2, -0.15) is 0 Å². The normalized spacial score (nSPS) is 19.6. The van der Waals surface area contributed by atoms with Crippen LogP contribution < -0.4 is 0 Å². The zero-order valence-electron chi connectivity index (χ0n) is 15.1. The van der Waals surface area contributed by atoms with Crippen LogP contribution in [0.3, 0.4) is 0 Å². The van der Waals surface area contributed by atoms with Crippen LogP contribution in [0.5, 0.6) is 0 Å². The highest BCUT2D eigenvalue weighted by Crippen LogP contribution is 2.36. The van der Waals surface area contributed by atoms with Gasteiger partial charge in [0.2, 0.25) is 0 Å². The van der Waals surface area contributed by atoms with Crippen molar-refractivity contribution in [3.05, 3.63) is 53.8 Å². The van der Waals surface area contributed by atoms with Gasteiger partial charge in [0, 0.05) is 49.5 Å². The third-order valence-corrected chi connectivity index (χ3v) is 6.06. The summed E-state index contributed by atoms with van der Waals surface area (Å²) in [6.45, 7) is 0.544. The number of nitrogens with one attached hydrogen (secondary N) is 1. The summed E-state index contributed by atoms with van der Waals surface area (Å²) >= 11 is 1.52. The van der Waals surface area contributed by atoms with E-state index in [2.05, 4.69) is 15.0 Å². The molecule has 1 unspecified atom stereocenters. The lowest BCUT2D eigenvalue weighted by molar-refractivity contribution is -0.143. The minimum atomic E-state index is -1.46. The number of aliphatic hydroxyl groups is 1. The highest BCUT2D eigenvalue weighted by molar-refractivity contribution is 7.13. The number of hydrogen-bond acceptors (Lipinski definition) is 6. The van der Waals surface area contributed by atoms with Crippen LogP contribution in [0.25, 0.3) is 33.0 Å². The maximum atomic E-state index is 12.4. The first-order valence-electron chi connectivity index (χ1n) is 8.89. The van der Waals surface area contributed by atoms with E-state index in [0.29, 0.717) is 18.5 Å². The number of rotatable bonds is 3. The molecule has 8 heteroatoms. The molecule has 5 rings (SSSR count). The summed E-state index contributed by atoms with van der Waals surface area (Å²) in [7, 11) is 1.71. The number of hydrogen-bond donors (Lipinski definition) is 2. The van der Waals surface area contributed by atoms with E-state index in [0.717, 1.165) is 33.0 Å². The monoisotopic (exact) mass is 391 g/mol. The van der Waals surface area contributed by atoms with E-state index in [1.54, 1.807) is 30.4 Å². The molecule has 1 saturated heterocycles. The Morgan fingerprint density at radius 2 is 2.14 bits per heavy atom. The number of carbonyl (C=O) groups excluding carboxylic acids is 1. The molecule has 4 aromatic rings. The van der Waals surface area contributed by atoms with E-state index in [-0.39, 0.29) is 5.91 Å². The molecule has 0 aliphatic carbocycles. The number of aromatic nitrogens is 4. The van der Waals surface area contributed by atoms with Gasteiger partial charge in [-0.25, -0.2) is 9.97 Å². The zero-order chi connectivity index (χ0) is 19.3. The Labute approximate surface area is 164 Å². The summed E-state index contributed by atoms with van der Waals surface area (Å²) in [5.41, 5.74) is 3.21. The summed E-state index contributed by atoms with van der Waals surface area (Å²) in [5, 5.41) is 13.7. The highest BCUT2D eigenvalue weighted by Gasteiger charge is 2.45. The second-order valence-corrected chi connectivity index (χ2v) is 7.77. The quantitative estimate of drug-likeness (QED) is 0.560. The van der Waals surface area contributed by atoms with E-state index < -0.39 is 5.60 Å². The lowest BCUT2D eigenvalue weighted by atomic mass is 9.90. The fraction of sp³-hybridized carbons (Fsp3) is 0.200. The average molecular weight is 391 g/mol. The molecule has 0 radical (unpaired) electrons. The van der Waals surface area contributed by atoms with Gasteiger partial charge in [-0.15, -0.1) is 11.3 Å². The largest absolute Gasteiger partial charge is 0.375 e. The fourth-order valence-corrected chi connectivity index (χ4v) is 4.45. The van der Waals surface area contributed by atoms with Crippen LogP contribution in [0.4, 0.5) is 0 Å². The lowest BCUT2D eigenvalue weighted by Gasteiger charge is -2.21. The molecule has 3 aromatic heterocycles. The summed E-state index contributed by atoms with van der Waals surface area (Å²) < 4.78 is 0. The number of benzene rings is 1. The number of carbonyl (C=O) groups is 1. The van der Waals surface area contributed by atoms with E-state index in [4.69, 9.17) is 4.98 Å². The number of amides is 1. The molecule has 1 fully saturated rings. The van der Waals surface area contributed by atoms with Crippen molar-refractivity contribution in [3.63, 3.8) is 0 Å². The van der Waals surface area contributed by atoms with E-state index in [9.17, 15) is 9.90 Å². The molecule has 0 saturated carbocycles. The zero-order valence-corrected chi connectivity index (χ0v) is 15.9. The van der Waals surface area contributed by atoms with Crippen molar-refractivity contribution in [2.24, 2.45) is 0 Å². The minimum Gasteiger partial charge on any atom is -0.375 e. The second kappa shape index (κ2) is 6.22. The molecule has 1 aliphatic rings. The molecule has 7 nitrogen and oxygen atoms in total. The molecule has 0 bridgehead atoms. The third kappa shape index (κ3) is 2.53. The van der Waals surface area contributed by atoms with Crippen molar-refractivity contribution < 1.29 is 9.90 Å². The molecular formula is C20H17N5O2S. The van der Waals surface area contributed by atoms with Crippen LogP contribution in [0.2, 0.25) is 0 Å². The summed E-state index contributed by atoms with van der Waals surface area (Å²) in [4.78, 5) is 30.5. The fourth-order valence-electron chi connectivity index (χ4n) is 3.60. The maximum Gasteiger partial charge on any atom is 0.258 e. The molecule has 4 heterocycles. The molecule has 28 heavy (non-hydrogen) atoms. The maximum absolute atomic E-state index is 12.4. The first kappa shape index (κ1) is 17.0. The topological polar surface area (TPSA) is 95.0 Å². The summed E-state index contributed by atoms with van der Waals surface area (Å²) in [6.07, 6.45) is 5.56. The smallest absolute Gasteiger partial charge is 0.258 e. The Morgan fingerprint density at radius 1 is 1.29 bits per heavy atom. The standard InChI is InChI=1S/C20H17N5O2S/c1-25-8-5-20(27,19(25)26)13-4-2-3-12(9-13)15-11-28-18(24-15)14-10-23-17-16(14)21-6-7-22-17/h2-4,6-7,9-11,27H,5,8H2,1H3,(H,22,23). The number of likely N-dealkylation sites (tertiary alicyclic amines) is 1. The van der Waals surface area contributed by atoms with Gasteiger partial charge in [-0.3, -0.25) is 9.78 Å². The molecule has 1 amide bonds. The van der Waals surface area contributed by atoms with Crippen LogP contribution in [-0.4, -0.2) is 49.4 Å². The Balaban J connectivity index is 1.52. The van der Waals surface area contributed by atoms with Gasteiger partial charge in [0.1, 0.15) is 10.5 Å². The van der Waals surface area contributed by atoms with Crippen molar-refractivity contribution in [1.82, 2.24) is 24.8 Å². The van der Waals surface area contributed by atoms with Gasteiger partial charge in [0.25, 0.3) is 5.91 Å². The van der Waals surface area contributed by atoms with Gasteiger partial charge in [0.05, 0.1) is 11.3 Å². The van der Waals surface area contributed by atoms with Gasteiger partial charge in [-0.05, 0) is 11.6 Å². The first-order valence-corrected chi connectivity index (χ1v) is 9.77.